The fraction of sp³-hybridized carbons (Fsp3) is 0.600. The van der Waals surface area contributed by atoms with Gasteiger partial charge in [-0.2, -0.15) is 0 Å². The SMILES string of the molecule is CC(c1cc(Cl)ccc1Cl)N1CC2CCC(N)C2C1. The summed E-state index contributed by atoms with van der Waals surface area (Å²) in [5, 5.41) is 1.56. The zero-order chi connectivity index (χ0) is 13.6. The van der Waals surface area contributed by atoms with Crippen LogP contribution in [0.3, 0.4) is 0 Å². The van der Waals surface area contributed by atoms with Crippen LogP contribution >= 0.6 is 23.2 Å². The lowest BCUT2D eigenvalue weighted by Crippen LogP contribution is -2.31. The quantitative estimate of drug-likeness (QED) is 0.901. The topological polar surface area (TPSA) is 29.3 Å². The number of rotatable bonds is 2. The zero-order valence-corrected chi connectivity index (χ0v) is 12.7. The number of fused-ring (bicyclic) bond motifs is 1. The fourth-order valence-corrected chi connectivity index (χ4v) is 4.15. The molecule has 0 amide bonds. The molecule has 1 aliphatic heterocycles. The van der Waals surface area contributed by atoms with Crippen molar-refractivity contribution < 1.29 is 0 Å². The van der Waals surface area contributed by atoms with Crippen molar-refractivity contribution in [1.82, 2.24) is 4.90 Å². The Balaban J connectivity index is 1.78. The first-order valence-corrected chi connectivity index (χ1v) is 7.76. The summed E-state index contributed by atoms with van der Waals surface area (Å²) in [5.41, 5.74) is 7.33. The molecule has 19 heavy (non-hydrogen) atoms. The predicted molar refractivity (Wildman–Crippen MR) is 80.6 cm³/mol. The van der Waals surface area contributed by atoms with Crippen molar-refractivity contribution in [3.63, 3.8) is 0 Å². The van der Waals surface area contributed by atoms with Crippen LogP contribution in [-0.2, 0) is 0 Å². The van der Waals surface area contributed by atoms with Crippen molar-refractivity contribution >= 4 is 23.2 Å². The number of halogens is 2. The van der Waals surface area contributed by atoms with Crippen LogP contribution in [-0.4, -0.2) is 24.0 Å². The number of benzene rings is 1. The number of nitrogens with zero attached hydrogens (tertiary/aromatic N) is 1. The molecule has 3 rings (SSSR count). The molecule has 2 aliphatic rings. The maximum atomic E-state index is 6.31. The van der Waals surface area contributed by atoms with Gasteiger partial charge in [0, 0.05) is 35.2 Å². The van der Waals surface area contributed by atoms with Gasteiger partial charge in [0.05, 0.1) is 0 Å². The average Bonchev–Trinajstić information content (AvgIpc) is 2.94. The summed E-state index contributed by atoms with van der Waals surface area (Å²) in [6.07, 6.45) is 2.47. The molecule has 104 valence electrons. The Labute approximate surface area is 124 Å². The normalized spacial score (nSPS) is 32.5. The second kappa shape index (κ2) is 5.25. The van der Waals surface area contributed by atoms with Gasteiger partial charge in [-0.1, -0.05) is 23.2 Å². The first-order chi connectivity index (χ1) is 9.06. The second-order valence-electron chi connectivity index (χ2n) is 5.96. The van der Waals surface area contributed by atoms with Crippen molar-refractivity contribution in [2.45, 2.75) is 31.8 Å². The smallest absolute Gasteiger partial charge is 0.0454 e. The maximum Gasteiger partial charge on any atom is 0.0454 e. The van der Waals surface area contributed by atoms with Crippen LogP contribution in [0.5, 0.6) is 0 Å². The molecule has 1 aromatic carbocycles. The zero-order valence-electron chi connectivity index (χ0n) is 11.2. The third kappa shape index (κ3) is 2.52. The molecule has 4 unspecified atom stereocenters. The summed E-state index contributed by atoms with van der Waals surface area (Å²) >= 11 is 12.4. The second-order valence-corrected chi connectivity index (χ2v) is 6.80. The van der Waals surface area contributed by atoms with Gasteiger partial charge in [0.1, 0.15) is 0 Å². The Morgan fingerprint density at radius 1 is 1.26 bits per heavy atom. The van der Waals surface area contributed by atoms with Crippen LogP contribution in [0.4, 0.5) is 0 Å². The Bertz CT molecular complexity index is 477. The van der Waals surface area contributed by atoms with E-state index in [0.717, 1.165) is 34.6 Å². The monoisotopic (exact) mass is 298 g/mol. The van der Waals surface area contributed by atoms with Crippen LogP contribution in [0.25, 0.3) is 0 Å². The number of hydrogen-bond donors (Lipinski definition) is 1. The van der Waals surface area contributed by atoms with E-state index >= 15 is 0 Å². The minimum absolute atomic E-state index is 0.309. The van der Waals surface area contributed by atoms with E-state index in [-0.39, 0.29) is 0 Å². The molecule has 0 radical (unpaired) electrons. The van der Waals surface area contributed by atoms with Crippen LogP contribution in [0, 0.1) is 11.8 Å². The number of hydrogen-bond acceptors (Lipinski definition) is 2. The standard InChI is InChI=1S/C15H20Cl2N2/c1-9(12-6-11(16)3-4-14(12)17)19-7-10-2-5-15(18)13(10)8-19/h3-4,6,9-10,13,15H,2,5,7-8,18H2,1H3. The van der Waals surface area contributed by atoms with Crippen molar-refractivity contribution in [3.8, 4) is 0 Å². The predicted octanol–water partition coefficient (Wildman–Crippen LogP) is 3.72. The van der Waals surface area contributed by atoms with Crippen LogP contribution in [0.1, 0.15) is 31.4 Å². The largest absolute Gasteiger partial charge is 0.327 e. The van der Waals surface area contributed by atoms with Gasteiger partial charge in [-0.15, -0.1) is 0 Å². The van der Waals surface area contributed by atoms with Gasteiger partial charge in [0.15, 0.2) is 0 Å². The Hall–Kier alpha value is -0.280. The molecule has 1 saturated carbocycles. The fourth-order valence-electron chi connectivity index (χ4n) is 3.69. The molecule has 0 spiro atoms. The van der Waals surface area contributed by atoms with Crippen molar-refractivity contribution in [1.29, 1.82) is 0 Å². The van der Waals surface area contributed by atoms with Gasteiger partial charge in [-0.25, -0.2) is 0 Å². The minimum Gasteiger partial charge on any atom is -0.327 e. The van der Waals surface area contributed by atoms with Crippen LogP contribution in [0.15, 0.2) is 18.2 Å². The Morgan fingerprint density at radius 2 is 2.05 bits per heavy atom. The van der Waals surface area contributed by atoms with E-state index in [4.69, 9.17) is 28.9 Å². The van der Waals surface area contributed by atoms with E-state index in [1.165, 1.54) is 12.8 Å². The molecule has 1 aliphatic carbocycles. The molecule has 0 bridgehead atoms. The molecule has 1 heterocycles. The molecule has 2 N–H and O–H groups in total. The molecule has 2 fully saturated rings. The number of nitrogens with two attached hydrogens (primary N) is 1. The molecule has 4 heteroatoms. The Kier molecular flexibility index (Phi) is 3.78. The van der Waals surface area contributed by atoms with Crippen LogP contribution in [0.2, 0.25) is 10.0 Å². The summed E-state index contributed by atoms with van der Waals surface area (Å²) in [5.74, 6) is 1.44. The van der Waals surface area contributed by atoms with E-state index in [1.807, 2.05) is 18.2 Å². The summed E-state index contributed by atoms with van der Waals surface area (Å²) in [6, 6.07) is 6.41. The van der Waals surface area contributed by atoms with E-state index in [2.05, 4.69) is 11.8 Å². The van der Waals surface area contributed by atoms with E-state index in [0.29, 0.717) is 18.0 Å². The van der Waals surface area contributed by atoms with Crippen molar-refractivity contribution in [3.05, 3.63) is 33.8 Å². The van der Waals surface area contributed by atoms with Gasteiger partial charge < -0.3 is 5.73 Å². The lowest BCUT2D eigenvalue weighted by molar-refractivity contribution is 0.239. The highest BCUT2D eigenvalue weighted by Crippen LogP contribution is 2.41. The maximum absolute atomic E-state index is 6.31. The van der Waals surface area contributed by atoms with Gasteiger partial charge >= 0.3 is 0 Å². The molecule has 4 atom stereocenters. The summed E-state index contributed by atoms with van der Waals surface area (Å²) in [6.45, 7) is 4.45. The van der Waals surface area contributed by atoms with E-state index < -0.39 is 0 Å². The van der Waals surface area contributed by atoms with E-state index in [9.17, 15) is 0 Å². The van der Waals surface area contributed by atoms with Gasteiger partial charge in [0.2, 0.25) is 0 Å². The first kappa shape index (κ1) is 13.7. The molecule has 1 saturated heterocycles. The molecule has 2 nitrogen and oxygen atoms in total. The Morgan fingerprint density at radius 3 is 2.79 bits per heavy atom. The van der Waals surface area contributed by atoms with Crippen molar-refractivity contribution in [2.24, 2.45) is 17.6 Å². The average molecular weight is 299 g/mol. The summed E-state index contributed by atoms with van der Waals surface area (Å²) in [4.78, 5) is 2.51. The minimum atomic E-state index is 0.309. The third-order valence-electron chi connectivity index (χ3n) is 4.90. The molecular weight excluding hydrogens is 279 g/mol. The van der Waals surface area contributed by atoms with Crippen molar-refractivity contribution in [2.75, 3.05) is 13.1 Å². The summed E-state index contributed by atoms with van der Waals surface area (Å²) < 4.78 is 0. The van der Waals surface area contributed by atoms with Gasteiger partial charge in [0.25, 0.3) is 0 Å². The van der Waals surface area contributed by atoms with E-state index in [1.54, 1.807) is 0 Å². The van der Waals surface area contributed by atoms with Crippen LogP contribution < -0.4 is 5.73 Å². The van der Waals surface area contributed by atoms with Gasteiger partial charge in [-0.3, -0.25) is 4.90 Å². The molecular formula is C15H20Cl2N2. The molecule has 0 aromatic heterocycles. The summed E-state index contributed by atoms with van der Waals surface area (Å²) in [7, 11) is 0. The molecule has 1 aromatic rings. The highest BCUT2D eigenvalue weighted by atomic mass is 35.5. The number of likely N-dealkylation sites (tertiary alicyclic amines) is 1. The highest BCUT2D eigenvalue weighted by molar-refractivity contribution is 6.33. The third-order valence-corrected chi connectivity index (χ3v) is 5.48. The van der Waals surface area contributed by atoms with Gasteiger partial charge in [-0.05, 0) is 55.4 Å². The first-order valence-electron chi connectivity index (χ1n) is 7.01. The highest BCUT2D eigenvalue weighted by Gasteiger charge is 2.42. The lowest BCUT2D eigenvalue weighted by Gasteiger charge is -2.27. The lowest BCUT2D eigenvalue weighted by atomic mass is 9.98.